The van der Waals surface area contributed by atoms with Gasteiger partial charge in [0, 0.05) is 36.7 Å². The van der Waals surface area contributed by atoms with Gasteiger partial charge in [-0.3, -0.25) is 4.79 Å². The van der Waals surface area contributed by atoms with Crippen molar-refractivity contribution in [1.29, 1.82) is 0 Å². The van der Waals surface area contributed by atoms with Crippen LogP contribution in [0, 0.1) is 0 Å². The summed E-state index contributed by atoms with van der Waals surface area (Å²) >= 11 is 0. The Balaban J connectivity index is 1.45. The Labute approximate surface area is 186 Å². The molecule has 0 bridgehead atoms. The van der Waals surface area contributed by atoms with E-state index in [1.807, 2.05) is 16.6 Å². The van der Waals surface area contributed by atoms with E-state index in [9.17, 15) is 15.0 Å². The topological polar surface area (TPSA) is 103 Å². The number of rotatable bonds is 5. The molecular weight excluding hydrogens is 406 g/mol. The Morgan fingerprint density at radius 3 is 2.41 bits per heavy atom. The zero-order valence-electron chi connectivity index (χ0n) is 18.5. The molecule has 1 aliphatic heterocycles. The van der Waals surface area contributed by atoms with Crippen molar-refractivity contribution in [3.8, 4) is 0 Å². The Morgan fingerprint density at radius 1 is 1.09 bits per heavy atom. The number of aromatic nitrogens is 3. The molecule has 2 aliphatic rings. The first-order valence-electron chi connectivity index (χ1n) is 11.3. The van der Waals surface area contributed by atoms with Crippen LogP contribution >= 0.6 is 0 Å². The quantitative estimate of drug-likeness (QED) is 0.569. The molecule has 0 spiro atoms. The SMILES string of the molecule is CC(C)(O)c1ccc(C(=O)Nc2cc(N3CCC(O)CC3)n3nc(C4CC4)cc3n2)cc1. The maximum Gasteiger partial charge on any atom is 0.256 e. The molecule has 168 valence electrons. The third-order valence-corrected chi connectivity index (χ3v) is 6.31. The van der Waals surface area contributed by atoms with Crippen molar-refractivity contribution < 1.29 is 15.0 Å². The monoisotopic (exact) mass is 435 g/mol. The maximum absolute atomic E-state index is 12.9. The molecule has 8 nitrogen and oxygen atoms in total. The fraction of sp³-hybridized carbons (Fsp3) is 0.458. The van der Waals surface area contributed by atoms with Crippen LogP contribution in [0.25, 0.3) is 5.65 Å². The van der Waals surface area contributed by atoms with Crippen molar-refractivity contribution in [2.24, 2.45) is 0 Å². The molecule has 1 amide bonds. The highest BCUT2D eigenvalue weighted by atomic mass is 16.3. The number of fused-ring (bicyclic) bond motifs is 1. The molecule has 0 atom stereocenters. The van der Waals surface area contributed by atoms with Gasteiger partial charge in [0.1, 0.15) is 11.6 Å². The number of carbonyl (C=O) groups is 1. The summed E-state index contributed by atoms with van der Waals surface area (Å²) in [6, 6.07) is 10.8. The van der Waals surface area contributed by atoms with Crippen LogP contribution in [0.3, 0.4) is 0 Å². The van der Waals surface area contributed by atoms with Gasteiger partial charge in [0.2, 0.25) is 0 Å². The Kier molecular flexibility index (Phi) is 5.14. The molecule has 0 unspecified atom stereocenters. The predicted octanol–water partition coefficient (Wildman–Crippen LogP) is 3.05. The van der Waals surface area contributed by atoms with Gasteiger partial charge >= 0.3 is 0 Å². The first kappa shape index (κ1) is 20.9. The van der Waals surface area contributed by atoms with Crippen LogP contribution in [0.4, 0.5) is 11.6 Å². The number of anilines is 2. The molecule has 1 aliphatic carbocycles. The number of hydrogen-bond acceptors (Lipinski definition) is 6. The van der Waals surface area contributed by atoms with Gasteiger partial charge in [-0.15, -0.1) is 0 Å². The zero-order chi connectivity index (χ0) is 22.5. The smallest absolute Gasteiger partial charge is 0.256 e. The molecule has 5 rings (SSSR count). The van der Waals surface area contributed by atoms with Crippen LogP contribution in [0.1, 0.15) is 67.1 Å². The van der Waals surface area contributed by atoms with E-state index in [-0.39, 0.29) is 12.0 Å². The van der Waals surface area contributed by atoms with E-state index in [1.165, 1.54) is 0 Å². The highest BCUT2D eigenvalue weighted by molar-refractivity contribution is 6.04. The van der Waals surface area contributed by atoms with Gasteiger partial charge in [0.25, 0.3) is 5.91 Å². The summed E-state index contributed by atoms with van der Waals surface area (Å²) in [5.41, 5.74) is 2.04. The van der Waals surface area contributed by atoms with Crippen LogP contribution < -0.4 is 10.2 Å². The van der Waals surface area contributed by atoms with Gasteiger partial charge in [0.05, 0.1) is 17.4 Å². The third-order valence-electron chi connectivity index (χ3n) is 6.31. The lowest BCUT2D eigenvalue weighted by Gasteiger charge is -2.31. The van der Waals surface area contributed by atoms with Gasteiger partial charge in [-0.25, -0.2) is 4.98 Å². The van der Waals surface area contributed by atoms with Crippen molar-refractivity contribution in [2.75, 3.05) is 23.3 Å². The molecule has 8 heteroatoms. The average Bonchev–Trinajstić information content (AvgIpc) is 3.52. The minimum Gasteiger partial charge on any atom is -0.393 e. The standard InChI is InChI=1S/C24H29N5O3/c1-24(2,32)17-7-5-16(6-8-17)23(31)26-20-14-22(28-11-9-18(30)10-12-28)29-21(25-20)13-19(27-29)15-3-4-15/h5-8,13-15,18,30,32H,3-4,9-12H2,1-2H3,(H,25,26,31). The highest BCUT2D eigenvalue weighted by Crippen LogP contribution is 2.40. The molecule has 3 aromatic rings. The highest BCUT2D eigenvalue weighted by Gasteiger charge is 2.28. The summed E-state index contributed by atoms with van der Waals surface area (Å²) in [4.78, 5) is 19.7. The fourth-order valence-corrected chi connectivity index (χ4v) is 4.16. The molecule has 0 radical (unpaired) electrons. The number of amides is 1. The second-order valence-electron chi connectivity index (χ2n) is 9.42. The second-order valence-corrected chi connectivity index (χ2v) is 9.42. The maximum atomic E-state index is 12.9. The first-order chi connectivity index (χ1) is 15.3. The minimum atomic E-state index is -0.959. The summed E-state index contributed by atoms with van der Waals surface area (Å²) in [6.45, 7) is 4.88. The number of nitrogens with one attached hydrogen (secondary N) is 1. The number of aliphatic hydroxyl groups excluding tert-OH is 1. The fourth-order valence-electron chi connectivity index (χ4n) is 4.16. The number of carbonyl (C=O) groups excluding carboxylic acids is 1. The van der Waals surface area contributed by atoms with Crippen LogP contribution in [-0.2, 0) is 5.60 Å². The normalized spacial score (nSPS) is 17.7. The number of aliphatic hydroxyl groups is 2. The largest absolute Gasteiger partial charge is 0.393 e. The van der Waals surface area contributed by atoms with Crippen molar-refractivity contribution in [3.63, 3.8) is 0 Å². The van der Waals surface area contributed by atoms with Crippen LogP contribution in [0.15, 0.2) is 36.4 Å². The third kappa shape index (κ3) is 4.20. The predicted molar refractivity (Wildman–Crippen MR) is 122 cm³/mol. The second kappa shape index (κ2) is 7.86. The molecule has 2 fully saturated rings. The van der Waals surface area contributed by atoms with Gasteiger partial charge in [-0.1, -0.05) is 12.1 Å². The average molecular weight is 436 g/mol. The Bertz CT molecular complexity index is 1140. The number of nitrogens with zero attached hydrogens (tertiary/aromatic N) is 4. The molecule has 1 saturated heterocycles. The van der Waals surface area contributed by atoms with Crippen LogP contribution in [-0.4, -0.2) is 49.9 Å². The van der Waals surface area contributed by atoms with E-state index < -0.39 is 5.60 Å². The van der Waals surface area contributed by atoms with E-state index in [1.54, 1.807) is 38.1 Å². The van der Waals surface area contributed by atoms with Crippen LogP contribution in [0.5, 0.6) is 0 Å². The molecule has 3 heterocycles. The first-order valence-corrected chi connectivity index (χ1v) is 11.3. The summed E-state index contributed by atoms with van der Waals surface area (Å²) in [7, 11) is 0. The molecular formula is C24H29N5O3. The van der Waals surface area contributed by atoms with E-state index >= 15 is 0 Å². The molecule has 1 aromatic carbocycles. The lowest BCUT2D eigenvalue weighted by atomic mass is 9.97. The summed E-state index contributed by atoms with van der Waals surface area (Å²) in [6.07, 6.45) is 3.44. The van der Waals surface area contributed by atoms with Gasteiger partial charge in [-0.05, 0) is 57.2 Å². The molecule has 2 aromatic heterocycles. The number of piperidine rings is 1. The van der Waals surface area contributed by atoms with E-state index in [0.717, 1.165) is 43.0 Å². The lowest BCUT2D eigenvalue weighted by Crippen LogP contribution is -2.37. The van der Waals surface area contributed by atoms with Crippen molar-refractivity contribution >= 4 is 23.2 Å². The summed E-state index contributed by atoms with van der Waals surface area (Å²) in [5, 5.41) is 27.8. The summed E-state index contributed by atoms with van der Waals surface area (Å²) < 4.78 is 1.86. The van der Waals surface area contributed by atoms with Gasteiger partial charge in [0.15, 0.2) is 5.65 Å². The lowest BCUT2D eigenvalue weighted by molar-refractivity contribution is 0.0785. The van der Waals surface area contributed by atoms with E-state index in [4.69, 9.17) is 5.10 Å². The van der Waals surface area contributed by atoms with Gasteiger partial charge < -0.3 is 20.4 Å². The zero-order valence-corrected chi connectivity index (χ0v) is 18.5. The molecule has 3 N–H and O–H groups in total. The van der Waals surface area contributed by atoms with Crippen molar-refractivity contribution in [3.05, 3.63) is 53.2 Å². The minimum absolute atomic E-state index is 0.258. The van der Waals surface area contributed by atoms with Crippen molar-refractivity contribution in [1.82, 2.24) is 14.6 Å². The summed E-state index contributed by atoms with van der Waals surface area (Å²) in [5.74, 6) is 1.59. The van der Waals surface area contributed by atoms with Crippen molar-refractivity contribution in [2.45, 2.75) is 57.2 Å². The van der Waals surface area contributed by atoms with Crippen LogP contribution in [0.2, 0.25) is 0 Å². The number of benzene rings is 1. The molecule has 1 saturated carbocycles. The van der Waals surface area contributed by atoms with E-state index in [0.29, 0.717) is 35.8 Å². The van der Waals surface area contributed by atoms with Gasteiger partial charge in [-0.2, -0.15) is 9.61 Å². The molecule has 32 heavy (non-hydrogen) atoms. The number of hydrogen-bond donors (Lipinski definition) is 3. The van der Waals surface area contributed by atoms with E-state index in [2.05, 4.69) is 15.2 Å². The Morgan fingerprint density at radius 2 is 1.78 bits per heavy atom. The Hall–Kier alpha value is -2.97.